The largest absolute Gasteiger partial charge is 0.497 e. The minimum absolute atomic E-state index is 0.233. The van der Waals surface area contributed by atoms with Crippen molar-refractivity contribution in [3.8, 4) is 5.75 Å². The van der Waals surface area contributed by atoms with E-state index in [1.54, 1.807) is 37.4 Å². The molecule has 26 heavy (non-hydrogen) atoms. The molecule has 0 aliphatic carbocycles. The average molecular weight is 374 g/mol. The standard InChI is InChI=1S/C19H22N2O4S/c1-13-5-4-6-17(14(13)2)21-19(23)12-26(24)11-18(22)20-15-7-9-16(25-3)10-8-15/h4-10H,11-12H2,1-3H3,(H,20,22)(H,21,23). The highest BCUT2D eigenvalue weighted by atomic mass is 32.2. The fourth-order valence-electron chi connectivity index (χ4n) is 2.29. The van der Waals surface area contributed by atoms with Crippen LogP contribution in [0.15, 0.2) is 42.5 Å². The summed E-state index contributed by atoms with van der Waals surface area (Å²) in [6.07, 6.45) is 0. The van der Waals surface area contributed by atoms with Gasteiger partial charge in [-0.15, -0.1) is 0 Å². The molecular formula is C19H22N2O4S. The maximum absolute atomic E-state index is 12.1. The third-order valence-electron chi connectivity index (χ3n) is 3.84. The highest BCUT2D eigenvalue weighted by molar-refractivity contribution is 7.86. The van der Waals surface area contributed by atoms with Gasteiger partial charge in [0.25, 0.3) is 0 Å². The summed E-state index contributed by atoms with van der Waals surface area (Å²) >= 11 is 0. The number of amides is 2. The number of ether oxygens (including phenoxy) is 1. The minimum Gasteiger partial charge on any atom is -0.497 e. The molecule has 0 aliphatic heterocycles. The van der Waals surface area contributed by atoms with Gasteiger partial charge in [-0.25, -0.2) is 0 Å². The van der Waals surface area contributed by atoms with Gasteiger partial charge in [0.2, 0.25) is 11.8 Å². The molecule has 2 aromatic rings. The van der Waals surface area contributed by atoms with E-state index in [1.807, 2.05) is 26.0 Å². The zero-order valence-corrected chi connectivity index (χ0v) is 15.8. The summed E-state index contributed by atoms with van der Waals surface area (Å²) in [5, 5.41) is 5.38. The molecule has 1 atom stereocenters. The lowest BCUT2D eigenvalue weighted by molar-refractivity contribution is -0.114. The van der Waals surface area contributed by atoms with E-state index in [1.165, 1.54) is 0 Å². The third kappa shape index (κ3) is 5.70. The molecule has 0 aliphatic rings. The quantitative estimate of drug-likeness (QED) is 0.780. The molecule has 0 saturated heterocycles. The Bertz CT molecular complexity index is 819. The number of methoxy groups -OCH3 is 1. The van der Waals surface area contributed by atoms with Gasteiger partial charge in [0.1, 0.15) is 17.3 Å². The van der Waals surface area contributed by atoms with Crippen LogP contribution in [0.1, 0.15) is 11.1 Å². The Balaban J connectivity index is 1.84. The smallest absolute Gasteiger partial charge is 0.237 e. The Kier molecular flexibility index (Phi) is 6.91. The summed E-state index contributed by atoms with van der Waals surface area (Å²) in [4.78, 5) is 24.0. The van der Waals surface area contributed by atoms with E-state index < -0.39 is 16.7 Å². The van der Waals surface area contributed by atoms with Crippen LogP contribution in [-0.4, -0.2) is 34.6 Å². The van der Waals surface area contributed by atoms with Crippen LogP contribution in [-0.2, 0) is 20.4 Å². The normalized spacial score (nSPS) is 11.5. The Morgan fingerprint density at radius 3 is 2.19 bits per heavy atom. The predicted octanol–water partition coefficient (Wildman–Crippen LogP) is 2.64. The van der Waals surface area contributed by atoms with Crippen molar-refractivity contribution >= 4 is 34.0 Å². The molecular weight excluding hydrogens is 352 g/mol. The van der Waals surface area contributed by atoms with Gasteiger partial charge in [0.05, 0.1) is 7.11 Å². The fourth-order valence-corrected chi connectivity index (χ4v) is 3.12. The molecule has 7 heteroatoms. The highest BCUT2D eigenvalue weighted by Gasteiger charge is 2.14. The van der Waals surface area contributed by atoms with E-state index in [0.29, 0.717) is 17.1 Å². The number of nitrogens with one attached hydrogen (secondary N) is 2. The van der Waals surface area contributed by atoms with Gasteiger partial charge in [-0.1, -0.05) is 12.1 Å². The molecule has 2 aromatic carbocycles. The Morgan fingerprint density at radius 2 is 1.58 bits per heavy atom. The van der Waals surface area contributed by atoms with Gasteiger partial charge in [-0.05, 0) is 55.3 Å². The summed E-state index contributed by atoms with van der Waals surface area (Å²) in [6, 6.07) is 12.4. The fraction of sp³-hybridized carbons (Fsp3) is 0.263. The number of hydrogen-bond acceptors (Lipinski definition) is 4. The first-order valence-corrected chi connectivity index (χ1v) is 9.53. The van der Waals surface area contributed by atoms with Crippen molar-refractivity contribution in [2.45, 2.75) is 13.8 Å². The van der Waals surface area contributed by atoms with Gasteiger partial charge in [-0.2, -0.15) is 0 Å². The molecule has 0 bridgehead atoms. The van der Waals surface area contributed by atoms with Crippen LogP contribution in [0.2, 0.25) is 0 Å². The molecule has 0 spiro atoms. The van der Waals surface area contributed by atoms with Gasteiger partial charge < -0.3 is 15.4 Å². The van der Waals surface area contributed by atoms with Crippen LogP contribution < -0.4 is 15.4 Å². The number of anilines is 2. The average Bonchev–Trinajstić information content (AvgIpc) is 2.59. The SMILES string of the molecule is COc1ccc(NC(=O)CS(=O)CC(=O)Nc2cccc(C)c2C)cc1. The number of rotatable bonds is 7. The molecule has 0 radical (unpaired) electrons. The zero-order valence-electron chi connectivity index (χ0n) is 15.0. The third-order valence-corrected chi connectivity index (χ3v) is 5.00. The van der Waals surface area contributed by atoms with E-state index in [4.69, 9.17) is 4.74 Å². The van der Waals surface area contributed by atoms with Crippen LogP contribution in [0.3, 0.4) is 0 Å². The minimum atomic E-state index is -1.59. The number of aryl methyl sites for hydroxylation is 1. The molecule has 0 aromatic heterocycles. The van der Waals surface area contributed by atoms with Crippen molar-refractivity contribution in [1.29, 1.82) is 0 Å². The molecule has 6 nitrogen and oxygen atoms in total. The molecule has 2 N–H and O–H groups in total. The summed E-state index contributed by atoms with van der Waals surface area (Å²) in [5.41, 5.74) is 3.29. The van der Waals surface area contributed by atoms with Crippen LogP contribution in [0, 0.1) is 13.8 Å². The van der Waals surface area contributed by atoms with E-state index in [9.17, 15) is 13.8 Å². The molecule has 2 amide bonds. The van der Waals surface area contributed by atoms with Gasteiger partial charge in [-0.3, -0.25) is 13.8 Å². The van der Waals surface area contributed by atoms with Gasteiger partial charge in [0, 0.05) is 22.2 Å². The molecule has 1 unspecified atom stereocenters. The molecule has 0 saturated carbocycles. The van der Waals surface area contributed by atoms with E-state index in [2.05, 4.69) is 10.6 Å². The maximum Gasteiger partial charge on any atom is 0.237 e. The lowest BCUT2D eigenvalue weighted by Crippen LogP contribution is -2.26. The second-order valence-electron chi connectivity index (χ2n) is 5.80. The summed E-state index contributed by atoms with van der Waals surface area (Å²) in [6.45, 7) is 3.86. The predicted molar refractivity (Wildman–Crippen MR) is 104 cm³/mol. The molecule has 138 valence electrons. The first-order chi connectivity index (χ1) is 12.4. The molecule has 0 fully saturated rings. The Hall–Kier alpha value is -2.67. The summed E-state index contributed by atoms with van der Waals surface area (Å²) in [5.74, 6) is -0.590. The zero-order chi connectivity index (χ0) is 19.1. The lowest BCUT2D eigenvalue weighted by atomic mass is 10.1. The van der Waals surface area contributed by atoms with E-state index >= 15 is 0 Å². The highest BCUT2D eigenvalue weighted by Crippen LogP contribution is 2.18. The van der Waals surface area contributed by atoms with Crippen molar-refractivity contribution in [2.75, 3.05) is 29.2 Å². The van der Waals surface area contributed by atoms with Crippen molar-refractivity contribution in [2.24, 2.45) is 0 Å². The van der Waals surface area contributed by atoms with Crippen LogP contribution in [0.5, 0.6) is 5.75 Å². The number of carbonyl (C=O) groups excluding carboxylic acids is 2. The van der Waals surface area contributed by atoms with Gasteiger partial charge in [0.15, 0.2) is 0 Å². The second-order valence-corrected chi connectivity index (χ2v) is 7.26. The van der Waals surface area contributed by atoms with Crippen LogP contribution in [0.25, 0.3) is 0 Å². The first kappa shape index (κ1) is 19.7. The molecule has 0 heterocycles. The Labute approximate surface area is 155 Å². The molecule has 2 rings (SSSR count). The van der Waals surface area contributed by atoms with Crippen molar-refractivity contribution in [3.63, 3.8) is 0 Å². The summed E-state index contributed by atoms with van der Waals surface area (Å²) < 4.78 is 17.1. The summed E-state index contributed by atoms with van der Waals surface area (Å²) in [7, 11) is -0.0387. The van der Waals surface area contributed by atoms with E-state index in [0.717, 1.165) is 11.1 Å². The van der Waals surface area contributed by atoms with E-state index in [-0.39, 0.29) is 17.4 Å². The number of benzene rings is 2. The van der Waals surface area contributed by atoms with Crippen LogP contribution in [0.4, 0.5) is 11.4 Å². The number of hydrogen-bond donors (Lipinski definition) is 2. The van der Waals surface area contributed by atoms with Gasteiger partial charge >= 0.3 is 0 Å². The first-order valence-electron chi connectivity index (χ1n) is 8.04. The van der Waals surface area contributed by atoms with Crippen molar-refractivity contribution in [1.82, 2.24) is 0 Å². The second kappa shape index (κ2) is 9.15. The number of carbonyl (C=O) groups is 2. The lowest BCUT2D eigenvalue weighted by Gasteiger charge is -2.10. The van der Waals surface area contributed by atoms with Crippen molar-refractivity contribution < 1.29 is 18.5 Å². The van der Waals surface area contributed by atoms with Crippen LogP contribution >= 0.6 is 0 Å². The van der Waals surface area contributed by atoms with Crippen molar-refractivity contribution in [3.05, 3.63) is 53.6 Å². The topological polar surface area (TPSA) is 84.5 Å². The maximum atomic E-state index is 12.1. The Morgan fingerprint density at radius 1 is 0.962 bits per heavy atom. The monoisotopic (exact) mass is 374 g/mol.